The summed E-state index contributed by atoms with van der Waals surface area (Å²) < 4.78 is 0. The van der Waals surface area contributed by atoms with Crippen LogP contribution in [0.25, 0.3) is 10.9 Å². The van der Waals surface area contributed by atoms with Gasteiger partial charge in [0.05, 0.1) is 27.3 Å². The second-order valence-corrected chi connectivity index (χ2v) is 7.35. The number of aromatic amines is 1. The third-order valence-electron chi connectivity index (χ3n) is 4.83. The summed E-state index contributed by atoms with van der Waals surface area (Å²) in [6.45, 7) is 2.45. The summed E-state index contributed by atoms with van der Waals surface area (Å²) in [5.41, 5.74) is 2.53. The number of carbonyl (C=O) groups is 1. The minimum Gasteiger partial charge on any atom is -0.371 e. The quantitative estimate of drug-likeness (QED) is 0.706. The summed E-state index contributed by atoms with van der Waals surface area (Å²) in [6, 6.07) is 7.59. The van der Waals surface area contributed by atoms with Crippen molar-refractivity contribution in [2.75, 3.05) is 24.5 Å². The van der Waals surface area contributed by atoms with Crippen LogP contribution in [0, 0.1) is 5.92 Å². The molecule has 2 N–H and O–H groups in total. The minimum absolute atomic E-state index is 0.0873. The number of H-pyrrole nitrogens is 1. The Morgan fingerprint density at radius 2 is 2.15 bits per heavy atom. The molecular weight excluding hydrogens is 371 g/mol. The zero-order valence-corrected chi connectivity index (χ0v) is 15.5. The first-order chi connectivity index (χ1) is 12.6. The molecule has 0 radical (unpaired) electrons. The van der Waals surface area contributed by atoms with Crippen LogP contribution in [0.5, 0.6) is 0 Å². The number of carbonyl (C=O) groups excluding carboxylic acids is 1. The van der Waals surface area contributed by atoms with Crippen molar-refractivity contribution in [2.45, 2.75) is 6.42 Å². The third-order valence-corrected chi connectivity index (χ3v) is 5.57. The summed E-state index contributed by atoms with van der Waals surface area (Å²) in [5.74, 6) is 0.308. The Labute approximate surface area is 161 Å². The summed E-state index contributed by atoms with van der Waals surface area (Å²) in [6.07, 6.45) is 6.17. The fraction of sp³-hybridized carbons (Fsp3) is 0.263. The van der Waals surface area contributed by atoms with E-state index in [1.807, 2.05) is 30.5 Å². The van der Waals surface area contributed by atoms with Crippen LogP contribution in [-0.4, -0.2) is 35.5 Å². The van der Waals surface area contributed by atoms with E-state index in [1.54, 1.807) is 12.4 Å². The maximum Gasteiger partial charge on any atom is 0.253 e. The summed E-state index contributed by atoms with van der Waals surface area (Å²) >= 11 is 12.1. The number of halogens is 2. The first kappa shape index (κ1) is 17.2. The molecule has 7 heteroatoms. The van der Waals surface area contributed by atoms with Crippen molar-refractivity contribution in [3.63, 3.8) is 0 Å². The highest BCUT2D eigenvalue weighted by Crippen LogP contribution is 2.30. The molecule has 1 amide bonds. The van der Waals surface area contributed by atoms with Gasteiger partial charge >= 0.3 is 0 Å². The van der Waals surface area contributed by atoms with Crippen molar-refractivity contribution >= 4 is 45.7 Å². The largest absolute Gasteiger partial charge is 0.371 e. The molecule has 0 saturated carbocycles. The van der Waals surface area contributed by atoms with Crippen molar-refractivity contribution in [3.8, 4) is 0 Å². The molecule has 1 fully saturated rings. The number of amides is 1. The highest BCUT2D eigenvalue weighted by molar-refractivity contribution is 6.42. The maximum atomic E-state index is 12.5. The molecule has 5 nitrogen and oxygen atoms in total. The van der Waals surface area contributed by atoms with E-state index in [1.165, 1.54) is 0 Å². The third kappa shape index (κ3) is 3.37. The molecule has 3 heterocycles. The van der Waals surface area contributed by atoms with Crippen LogP contribution >= 0.6 is 23.2 Å². The molecule has 1 aromatic carbocycles. The Morgan fingerprint density at radius 1 is 1.27 bits per heavy atom. The van der Waals surface area contributed by atoms with Gasteiger partial charge in [0, 0.05) is 43.1 Å². The van der Waals surface area contributed by atoms with E-state index in [0.717, 1.165) is 36.1 Å². The first-order valence-corrected chi connectivity index (χ1v) is 9.26. The van der Waals surface area contributed by atoms with Gasteiger partial charge in [-0.2, -0.15) is 0 Å². The summed E-state index contributed by atoms with van der Waals surface area (Å²) in [7, 11) is 0. The second-order valence-electron chi connectivity index (χ2n) is 6.54. The average Bonchev–Trinajstić information content (AvgIpc) is 3.30. The van der Waals surface area contributed by atoms with E-state index in [-0.39, 0.29) is 5.91 Å². The molecule has 3 aromatic rings. The Balaban J connectivity index is 1.37. The van der Waals surface area contributed by atoms with Crippen LogP contribution in [0.15, 0.2) is 42.9 Å². The first-order valence-electron chi connectivity index (χ1n) is 8.51. The predicted molar refractivity (Wildman–Crippen MR) is 105 cm³/mol. The molecule has 1 atom stereocenters. The van der Waals surface area contributed by atoms with Crippen LogP contribution in [0.1, 0.15) is 16.8 Å². The van der Waals surface area contributed by atoms with E-state index >= 15 is 0 Å². The Bertz CT molecular complexity index is 956. The average molecular weight is 389 g/mol. The number of hydrogen-bond acceptors (Lipinski definition) is 3. The number of fused-ring (bicyclic) bond motifs is 1. The minimum atomic E-state index is -0.0873. The maximum absolute atomic E-state index is 12.5. The van der Waals surface area contributed by atoms with Crippen molar-refractivity contribution in [1.29, 1.82) is 0 Å². The monoisotopic (exact) mass is 388 g/mol. The van der Waals surface area contributed by atoms with Crippen molar-refractivity contribution < 1.29 is 4.79 Å². The van der Waals surface area contributed by atoms with Crippen LogP contribution in [-0.2, 0) is 0 Å². The number of rotatable bonds is 4. The number of nitrogens with one attached hydrogen (secondary N) is 2. The summed E-state index contributed by atoms with van der Waals surface area (Å²) in [5, 5.41) is 5.06. The number of hydrogen-bond donors (Lipinski definition) is 2. The van der Waals surface area contributed by atoms with Crippen molar-refractivity contribution in [3.05, 3.63) is 58.5 Å². The molecular formula is C19H18Cl2N4O. The molecule has 1 saturated heterocycles. The molecule has 0 spiro atoms. The topological polar surface area (TPSA) is 61.0 Å². The van der Waals surface area contributed by atoms with Gasteiger partial charge in [0.2, 0.25) is 0 Å². The summed E-state index contributed by atoms with van der Waals surface area (Å²) in [4.78, 5) is 22.0. The van der Waals surface area contributed by atoms with Gasteiger partial charge < -0.3 is 15.2 Å². The molecule has 1 aliphatic rings. The second kappa shape index (κ2) is 7.17. The zero-order chi connectivity index (χ0) is 18.1. The molecule has 0 bridgehead atoms. The molecule has 1 unspecified atom stereocenters. The lowest BCUT2D eigenvalue weighted by atomic mass is 10.1. The van der Waals surface area contributed by atoms with Crippen molar-refractivity contribution in [2.24, 2.45) is 5.92 Å². The van der Waals surface area contributed by atoms with Gasteiger partial charge in [-0.25, -0.2) is 0 Å². The fourth-order valence-electron chi connectivity index (χ4n) is 3.41. The number of anilines is 1. The van der Waals surface area contributed by atoms with Crippen LogP contribution < -0.4 is 10.2 Å². The van der Waals surface area contributed by atoms with Gasteiger partial charge in [-0.3, -0.25) is 9.78 Å². The highest BCUT2D eigenvalue weighted by Gasteiger charge is 2.24. The van der Waals surface area contributed by atoms with E-state index in [9.17, 15) is 4.79 Å². The Morgan fingerprint density at radius 3 is 3.00 bits per heavy atom. The fourth-order valence-corrected chi connectivity index (χ4v) is 3.70. The number of aromatic nitrogens is 2. The highest BCUT2D eigenvalue weighted by atomic mass is 35.5. The van der Waals surface area contributed by atoms with Gasteiger partial charge in [0.25, 0.3) is 5.91 Å². The Hall–Kier alpha value is -2.24. The lowest BCUT2D eigenvalue weighted by molar-refractivity contribution is 0.0949. The number of pyridine rings is 1. The van der Waals surface area contributed by atoms with Crippen LogP contribution in [0.3, 0.4) is 0 Å². The van der Waals surface area contributed by atoms with Gasteiger partial charge in [0.15, 0.2) is 0 Å². The predicted octanol–water partition coefficient (Wildman–Crippen LogP) is 4.13. The van der Waals surface area contributed by atoms with E-state index < -0.39 is 0 Å². The van der Waals surface area contributed by atoms with Gasteiger partial charge in [-0.15, -0.1) is 0 Å². The van der Waals surface area contributed by atoms with E-state index in [2.05, 4.69) is 20.2 Å². The lowest BCUT2D eigenvalue weighted by Gasteiger charge is -2.19. The zero-order valence-electron chi connectivity index (χ0n) is 14.0. The molecule has 26 heavy (non-hydrogen) atoms. The molecule has 134 valence electrons. The molecule has 0 aliphatic carbocycles. The number of benzene rings is 1. The number of nitrogens with zero attached hydrogens (tertiary/aromatic N) is 2. The smallest absolute Gasteiger partial charge is 0.253 e. The van der Waals surface area contributed by atoms with Crippen LogP contribution in [0.2, 0.25) is 10.0 Å². The lowest BCUT2D eigenvalue weighted by Crippen LogP contribution is -2.31. The van der Waals surface area contributed by atoms with Crippen LogP contribution in [0.4, 0.5) is 5.69 Å². The standard InChI is InChI=1S/C19H18Cl2N4O/c20-16-2-1-13(7-17(16)21)25-6-4-12(11-25)8-24-19(26)15-9-22-10-18-14(15)3-5-23-18/h1-3,5,7,9-10,12,23H,4,6,8,11H2,(H,24,26). The normalized spacial score (nSPS) is 17.0. The van der Waals surface area contributed by atoms with E-state index in [4.69, 9.17) is 23.2 Å². The Kier molecular flexibility index (Phi) is 4.74. The van der Waals surface area contributed by atoms with E-state index in [0.29, 0.717) is 28.1 Å². The molecule has 1 aliphatic heterocycles. The van der Waals surface area contributed by atoms with Gasteiger partial charge in [0.1, 0.15) is 0 Å². The molecule has 2 aromatic heterocycles. The SMILES string of the molecule is O=C(NCC1CCN(c2ccc(Cl)c(Cl)c2)C1)c1cncc2[nH]ccc12. The van der Waals surface area contributed by atoms with Gasteiger partial charge in [-0.05, 0) is 36.6 Å². The molecule has 4 rings (SSSR count). The van der Waals surface area contributed by atoms with Crippen molar-refractivity contribution in [1.82, 2.24) is 15.3 Å². The van der Waals surface area contributed by atoms with Gasteiger partial charge in [-0.1, -0.05) is 23.2 Å².